The van der Waals surface area contributed by atoms with E-state index in [0.29, 0.717) is 0 Å². The Balaban J connectivity index is 1.95. The first-order valence-corrected chi connectivity index (χ1v) is 6.22. The number of nitrogens with one attached hydrogen (secondary N) is 1. The fraction of sp³-hybridized carbons (Fsp3) is 0.750. The lowest BCUT2D eigenvalue weighted by molar-refractivity contribution is 0.0109. The van der Waals surface area contributed by atoms with Crippen LogP contribution in [0.5, 0.6) is 0 Å². The van der Waals surface area contributed by atoms with Crippen LogP contribution in [0.3, 0.4) is 0 Å². The summed E-state index contributed by atoms with van der Waals surface area (Å²) in [6, 6.07) is 0. The number of rotatable bonds is 5. The predicted octanol–water partition coefficient (Wildman–Crippen LogP) is 0.534. The number of ether oxygens (including phenoxy) is 1. The molecule has 5 nitrogen and oxygen atoms in total. The van der Waals surface area contributed by atoms with Gasteiger partial charge in [0.05, 0.1) is 18.6 Å². The summed E-state index contributed by atoms with van der Waals surface area (Å²) in [5, 5.41) is 13.0. The zero-order chi connectivity index (χ0) is 12.1. The molecule has 0 atom stereocenters. The van der Waals surface area contributed by atoms with Crippen molar-refractivity contribution in [3.05, 3.63) is 18.2 Å². The van der Waals surface area contributed by atoms with Gasteiger partial charge < -0.3 is 19.7 Å². The molecule has 0 aromatic carbocycles. The lowest BCUT2D eigenvalue weighted by Gasteiger charge is -2.36. The molecule has 1 aromatic heterocycles. The number of aliphatic hydroxyl groups is 1. The Morgan fingerprint density at radius 3 is 2.94 bits per heavy atom. The lowest BCUT2D eigenvalue weighted by Crippen LogP contribution is -2.52. The molecular formula is C12H21N3O2. The van der Waals surface area contributed by atoms with Gasteiger partial charge in [-0.1, -0.05) is 0 Å². The first kappa shape index (κ1) is 12.5. The van der Waals surface area contributed by atoms with E-state index in [-0.39, 0.29) is 12.1 Å². The van der Waals surface area contributed by atoms with Gasteiger partial charge in [-0.3, -0.25) is 0 Å². The SMILES string of the molecule is CCn1cncc1CNC1(CO)CCOCC1. The summed E-state index contributed by atoms with van der Waals surface area (Å²) in [4.78, 5) is 4.14. The van der Waals surface area contributed by atoms with E-state index >= 15 is 0 Å². The van der Waals surface area contributed by atoms with Crippen molar-refractivity contribution in [2.24, 2.45) is 0 Å². The molecule has 0 radical (unpaired) electrons. The van der Waals surface area contributed by atoms with E-state index in [9.17, 15) is 5.11 Å². The number of nitrogens with zero attached hydrogens (tertiary/aromatic N) is 2. The minimum Gasteiger partial charge on any atom is -0.394 e. The first-order valence-electron chi connectivity index (χ1n) is 6.22. The molecule has 17 heavy (non-hydrogen) atoms. The van der Waals surface area contributed by atoms with Gasteiger partial charge in [0, 0.05) is 38.0 Å². The number of aryl methyl sites for hydroxylation is 1. The zero-order valence-electron chi connectivity index (χ0n) is 10.4. The zero-order valence-corrected chi connectivity index (χ0v) is 10.4. The van der Waals surface area contributed by atoms with Crippen molar-refractivity contribution >= 4 is 0 Å². The molecule has 0 amide bonds. The van der Waals surface area contributed by atoms with Gasteiger partial charge in [0.1, 0.15) is 0 Å². The molecule has 2 rings (SSSR count). The van der Waals surface area contributed by atoms with Crippen LogP contribution in [0.15, 0.2) is 12.5 Å². The van der Waals surface area contributed by atoms with Crippen LogP contribution in [0.25, 0.3) is 0 Å². The summed E-state index contributed by atoms with van der Waals surface area (Å²) >= 11 is 0. The highest BCUT2D eigenvalue weighted by Gasteiger charge is 2.31. The van der Waals surface area contributed by atoms with Crippen molar-refractivity contribution in [2.75, 3.05) is 19.8 Å². The van der Waals surface area contributed by atoms with E-state index < -0.39 is 0 Å². The van der Waals surface area contributed by atoms with Crippen LogP contribution >= 0.6 is 0 Å². The topological polar surface area (TPSA) is 59.3 Å². The van der Waals surface area contributed by atoms with Gasteiger partial charge in [0.15, 0.2) is 0 Å². The Hall–Kier alpha value is -0.910. The number of hydrogen-bond donors (Lipinski definition) is 2. The second-order valence-electron chi connectivity index (χ2n) is 4.58. The highest BCUT2D eigenvalue weighted by Crippen LogP contribution is 2.20. The molecule has 96 valence electrons. The minimum absolute atomic E-state index is 0.163. The van der Waals surface area contributed by atoms with Crippen molar-refractivity contribution < 1.29 is 9.84 Å². The second kappa shape index (κ2) is 5.62. The third-order valence-electron chi connectivity index (χ3n) is 3.54. The maximum Gasteiger partial charge on any atom is 0.0948 e. The summed E-state index contributed by atoms with van der Waals surface area (Å²) in [7, 11) is 0. The highest BCUT2D eigenvalue weighted by atomic mass is 16.5. The van der Waals surface area contributed by atoms with E-state index in [4.69, 9.17) is 4.74 Å². The van der Waals surface area contributed by atoms with Gasteiger partial charge in [-0.25, -0.2) is 4.98 Å². The van der Waals surface area contributed by atoms with Crippen molar-refractivity contribution in [1.82, 2.24) is 14.9 Å². The fourth-order valence-corrected chi connectivity index (χ4v) is 2.21. The van der Waals surface area contributed by atoms with Crippen LogP contribution in [-0.4, -0.2) is 40.0 Å². The maximum atomic E-state index is 9.56. The van der Waals surface area contributed by atoms with Gasteiger partial charge >= 0.3 is 0 Å². The normalized spacial score (nSPS) is 19.4. The van der Waals surface area contributed by atoms with Gasteiger partial charge in [0.25, 0.3) is 0 Å². The quantitative estimate of drug-likeness (QED) is 0.787. The Labute approximate surface area is 102 Å². The standard InChI is InChI=1S/C12H21N3O2/c1-2-15-10-13-7-11(15)8-14-12(9-16)3-5-17-6-4-12/h7,10,14,16H,2-6,8-9H2,1H3. The number of hydrogen-bond acceptors (Lipinski definition) is 4. The minimum atomic E-state index is -0.179. The van der Waals surface area contributed by atoms with Gasteiger partial charge in [-0.05, 0) is 19.8 Å². The number of aromatic nitrogens is 2. The molecule has 1 aliphatic rings. The molecular weight excluding hydrogens is 218 g/mol. The number of aliphatic hydroxyl groups excluding tert-OH is 1. The molecule has 5 heteroatoms. The van der Waals surface area contributed by atoms with Crippen LogP contribution in [0.2, 0.25) is 0 Å². The van der Waals surface area contributed by atoms with Crippen LogP contribution < -0.4 is 5.32 Å². The monoisotopic (exact) mass is 239 g/mol. The average Bonchev–Trinajstić information content (AvgIpc) is 2.85. The predicted molar refractivity (Wildman–Crippen MR) is 64.6 cm³/mol. The van der Waals surface area contributed by atoms with Crippen molar-refractivity contribution in [3.63, 3.8) is 0 Å². The van der Waals surface area contributed by atoms with E-state index in [2.05, 4.69) is 21.8 Å². The molecule has 1 aliphatic heterocycles. The molecule has 0 bridgehead atoms. The molecule has 0 saturated carbocycles. The summed E-state index contributed by atoms with van der Waals surface area (Å²) in [5.41, 5.74) is 0.980. The highest BCUT2D eigenvalue weighted by molar-refractivity contribution is 5.00. The van der Waals surface area contributed by atoms with Crippen LogP contribution in [-0.2, 0) is 17.8 Å². The van der Waals surface area contributed by atoms with E-state index in [1.165, 1.54) is 0 Å². The molecule has 1 saturated heterocycles. The number of imidazole rings is 1. The van der Waals surface area contributed by atoms with Gasteiger partial charge in [-0.15, -0.1) is 0 Å². The fourth-order valence-electron chi connectivity index (χ4n) is 2.21. The van der Waals surface area contributed by atoms with Crippen LogP contribution in [0.4, 0.5) is 0 Å². The smallest absolute Gasteiger partial charge is 0.0948 e. The molecule has 1 aromatic rings. The van der Waals surface area contributed by atoms with Crippen molar-refractivity contribution in [2.45, 2.75) is 38.4 Å². The molecule has 1 fully saturated rings. The molecule has 0 unspecified atom stereocenters. The molecule has 0 aliphatic carbocycles. The summed E-state index contributed by atoms with van der Waals surface area (Å²) in [6.45, 7) is 5.37. The summed E-state index contributed by atoms with van der Waals surface area (Å²) in [6.07, 6.45) is 5.45. The van der Waals surface area contributed by atoms with E-state index in [1.54, 1.807) is 0 Å². The maximum absolute atomic E-state index is 9.56. The van der Waals surface area contributed by atoms with Crippen LogP contribution in [0.1, 0.15) is 25.5 Å². The third kappa shape index (κ3) is 2.86. The summed E-state index contributed by atoms with van der Waals surface area (Å²) in [5.74, 6) is 0. The molecule has 2 N–H and O–H groups in total. The van der Waals surface area contributed by atoms with Gasteiger partial charge in [0.2, 0.25) is 0 Å². The summed E-state index contributed by atoms with van der Waals surface area (Å²) < 4.78 is 7.45. The lowest BCUT2D eigenvalue weighted by atomic mass is 9.91. The largest absolute Gasteiger partial charge is 0.394 e. The van der Waals surface area contributed by atoms with Crippen LogP contribution in [0, 0.1) is 0 Å². The second-order valence-corrected chi connectivity index (χ2v) is 4.58. The Kier molecular flexibility index (Phi) is 4.15. The Bertz CT molecular complexity index is 345. The molecule has 0 spiro atoms. The van der Waals surface area contributed by atoms with E-state index in [0.717, 1.165) is 44.8 Å². The average molecular weight is 239 g/mol. The van der Waals surface area contributed by atoms with Crippen molar-refractivity contribution in [3.8, 4) is 0 Å². The van der Waals surface area contributed by atoms with Gasteiger partial charge in [-0.2, -0.15) is 0 Å². The van der Waals surface area contributed by atoms with E-state index in [1.807, 2.05) is 12.5 Å². The Morgan fingerprint density at radius 1 is 1.53 bits per heavy atom. The van der Waals surface area contributed by atoms with Crippen molar-refractivity contribution in [1.29, 1.82) is 0 Å². The molecule has 2 heterocycles. The first-order chi connectivity index (χ1) is 8.29. The Morgan fingerprint density at radius 2 is 2.29 bits per heavy atom. The third-order valence-corrected chi connectivity index (χ3v) is 3.54.